The Balaban J connectivity index is 1.42. The van der Waals surface area contributed by atoms with Gasteiger partial charge < -0.3 is 19.4 Å². The number of hydrogen-bond acceptors (Lipinski definition) is 5. The third-order valence-corrected chi connectivity index (χ3v) is 5.88. The highest BCUT2D eigenvalue weighted by Gasteiger charge is 2.19. The van der Waals surface area contributed by atoms with Gasteiger partial charge in [0.25, 0.3) is 5.56 Å². The number of aromatic amines is 1. The van der Waals surface area contributed by atoms with Gasteiger partial charge in [-0.2, -0.15) is 0 Å². The summed E-state index contributed by atoms with van der Waals surface area (Å²) in [4.78, 5) is 20.0. The maximum absolute atomic E-state index is 12.1. The molecule has 1 fully saturated rings. The molecule has 158 valence electrons. The molecule has 1 aliphatic heterocycles. The van der Waals surface area contributed by atoms with Crippen molar-refractivity contribution < 1.29 is 9.47 Å². The van der Waals surface area contributed by atoms with E-state index in [1.807, 2.05) is 25.1 Å². The van der Waals surface area contributed by atoms with Crippen LogP contribution in [0.3, 0.4) is 0 Å². The summed E-state index contributed by atoms with van der Waals surface area (Å²) in [7, 11) is 3.32. The third kappa shape index (κ3) is 4.14. The molecule has 1 saturated heterocycles. The second-order valence-electron chi connectivity index (χ2n) is 7.70. The minimum atomic E-state index is 0.0192. The number of benzene rings is 2. The van der Waals surface area contributed by atoms with Gasteiger partial charge >= 0.3 is 0 Å². The van der Waals surface area contributed by atoms with Crippen LogP contribution in [0.1, 0.15) is 18.1 Å². The van der Waals surface area contributed by atoms with Crippen LogP contribution in [0.25, 0.3) is 10.9 Å². The summed E-state index contributed by atoms with van der Waals surface area (Å²) in [6.45, 7) is 6.77. The molecule has 0 spiro atoms. The third-order valence-electron chi connectivity index (χ3n) is 5.88. The molecule has 0 bridgehead atoms. The Morgan fingerprint density at radius 2 is 1.70 bits per heavy atom. The Hall–Kier alpha value is -2.99. The lowest BCUT2D eigenvalue weighted by Crippen LogP contribution is -2.45. The number of pyridine rings is 1. The summed E-state index contributed by atoms with van der Waals surface area (Å²) < 4.78 is 10.8. The molecular formula is C24H29N3O3. The minimum Gasteiger partial charge on any atom is -0.493 e. The molecule has 0 saturated carbocycles. The molecule has 2 aromatic carbocycles. The van der Waals surface area contributed by atoms with Gasteiger partial charge in [0.15, 0.2) is 11.5 Å². The lowest BCUT2D eigenvalue weighted by molar-refractivity contribution is 0.250. The van der Waals surface area contributed by atoms with Gasteiger partial charge in [-0.3, -0.25) is 9.69 Å². The van der Waals surface area contributed by atoms with Gasteiger partial charge in [0.1, 0.15) is 0 Å². The molecule has 4 rings (SSSR count). The van der Waals surface area contributed by atoms with Crippen LogP contribution in [-0.4, -0.2) is 50.3 Å². The number of hydrogen-bond donors (Lipinski definition) is 1. The van der Waals surface area contributed by atoms with Crippen LogP contribution in [0.4, 0.5) is 5.69 Å². The van der Waals surface area contributed by atoms with E-state index in [0.29, 0.717) is 0 Å². The van der Waals surface area contributed by atoms with Crippen molar-refractivity contribution in [2.24, 2.45) is 0 Å². The molecule has 6 heteroatoms. The van der Waals surface area contributed by atoms with E-state index in [1.165, 1.54) is 5.56 Å². The SMILES string of the molecule is CCc1cc2ccc(CN3CCN(c4ccc(OC)c(OC)c4)CC3)cc2[nH]c1=O. The van der Waals surface area contributed by atoms with Crippen LogP contribution in [-0.2, 0) is 13.0 Å². The molecular weight excluding hydrogens is 378 g/mol. The van der Waals surface area contributed by atoms with E-state index in [-0.39, 0.29) is 5.56 Å². The first-order valence-corrected chi connectivity index (χ1v) is 10.5. The number of ether oxygens (including phenoxy) is 2. The molecule has 0 unspecified atom stereocenters. The van der Waals surface area contributed by atoms with Gasteiger partial charge in [-0.25, -0.2) is 0 Å². The zero-order valence-corrected chi connectivity index (χ0v) is 17.9. The zero-order valence-electron chi connectivity index (χ0n) is 17.9. The van der Waals surface area contributed by atoms with Gasteiger partial charge in [-0.15, -0.1) is 0 Å². The average Bonchev–Trinajstić information content (AvgIpc) is 2.78. The lowest BCUT2D eigenvalue weighted by Gasteiger charge is -2.36. The van der Waals surface area contributed by atoms with Crippen LogP contribution in [0.2, 0.25) is 0 Å². The van der Waals surface area contributed by atoms with Crippen molar-refractivity contribution in [3.63, 3.8) is 0 Å². The van der Waals surface area contributed by atoms with Crippen molar-refractivity contribution in [2.75, 3.05) is 45.3 Å². The summed E-state index contributed by atoms with van der Waals surface area (Å²) in [5.74, 6) is 1.51. The molecule has 3 aromatic rings. The van der Waals surface area contributed by atoms with E-state index in [4.69, 9.17) is 9.47 Å². The van der Waals surface area contributed by atoms with E-state index in [2.05, 4.69) is 39.0 Å². The number of anilines is 1. The normalized spacial score (nSPS) is 14.8. The zero-order chi connectivity index (χ0) is 21.1. The summed E-state index contributed by atoms with van der Waals surface area (Å²) in [6.07, 6.45) is 0.747. The molecule has 30 heavy (non-hydrogen) atoms. The molecule has 0 aliphatic carbocycles. The molecule has 0 atom stereocenters. The Kier molecular flexibility index (Phi) is 5.95. The topological polar surface area (TPSA) is 57.8 Å². The maximum atomic E-state index is 12.1. The summed E-state index contributed by atoms with van der Waals surface area (Å²) >= 11 is 0. The van der Waals surface area contributed by atoms with E-state index >= 15 is 0 Å². The Bertz CT molecular complexity index is 1080. The fraction of sp³-hybridized carbons (Fsp3) is 0.375. The fourth-order valence-corrected chi connectivity index (χ4v) is 4.10. The van der Waals surface area contributed by atoms with Crippen molar-refractivity contribution >= 4 is 16.6 Å². The van der Waals surface area contributed by atoms with E-state index in [1.54, 1.807) is 14.2 Å². The van der Waals surface area contributed by atoms with Crippen LogP contribution < -0.4 is 19.9 Å². The standard InChI is InChI=1S/C24H29N3O3/c1-4-18-14-19-6-5-17(13-21(19)25-24(18)28)16-26-9-11-27(12-10-26)20-7-8-22(29-2)23(15-20)30-3/h5-8,13-15H,4,9-12,16H2,1-3H3,(H,25,28). The molecule has 1 aromatic heterocycles. The number of nitrogens with zero attached hydrogens (tertiary/aromatic N) is 2. The summed E-state index contributed by atoms with van der Waals surface area (Å²) in [5, 5.41) is 1.09. The second kappa shape index (κ2) is 8.79. The quantitative estimate of drug-likeness (QED) is 0.678. The Morgan fingerprint density at radius 3 is 2.40 bits per heavy atom. The molecule has 0 amide bonds. The van der Waals surface area contributed by atoms with Crippen LogP contribution in [0.15, 0.2) is 47.3 Å². The molecule has 0 radical (unpaired) electrons. The van der Waals surface area contributed by atoms with Gasteiger partial charge in [0, 0.05) is 55.6 Å². The number of piperazine rings is 1. The lowest BCUT2D eigenvalue weighted by atomic mass is 10.1. The second-order valence-corrected chi connectivity index (χ2v) is 7.70. The highest BCUT2D eigenvalue weighted by Crippen LogP contribution is 2.32. The number of H-pyrrole nitrogens is 1. The summed E-state index contributed by atoms with van der Waals surface area (Å²) in [5.41, 5.74) is 4.15. The van der Waals surface area contributed by atoms with Crippen LogP contribution >= 0.6 is 0 Å². The number of aryl methyl sites for hydroxylation is 1. The molecule has 2 heterocycles. The fourth-order valence-electron chi connectivity index (χ4n) is 4.10. The first kappa shape index (κ1) is 20.3. The van der Waals surface area contributed by atoms with Crippen molar-refractivity contribution in [2.45, 2.75) is 19.9 Å². The predicted molar refractivity (Wildman–Crippen MR) is 121 cm³/mol. The number of methoxy groups -OCH3 is 2. The maximum Gasteiger partial charge on any atom is 0.251 e. The number of fused-ring (bicyclic) bond motifs is 1. The monoisotopic (exact) mass is 407 g/mol. The first-order valence-electron chi connectivity index (χ1n) is 10.5. The van der Waals surface area contributed by atoms with Crippen molar-refractivity contribution in [1.29, 1.82) is 0 Å². The number of aromatic nitrogens is 1. The van der Waals surface area contributed by atoms with Gasteiger partial charge in [0.2, 0.25) is 0 Å². The first-order chi connectivity index (χ1) is 14.6. The highest BCUT2D eigenvalue weighted by molar-refractivity contribution is 5.79. The van der Waals surface area contributed by atoms with Crippen LogP contribution in [0.5, 0.6) is 11.5 Å². The minimum absolute atomic E-state index is 0.0192. The van der Waals surface area contributed by atoms with Gasteiger partial charge in [0.05, 0.1) is 14.2 Å². The highest BCUT2D eigenvalue weighted by atomic mass is 16.5. The van der Waals surface area contributed by atoms with Crippen molar-refractivity contribution in [3.05, 3.63) is 63.9 Å². The van der Waals surface area contributed by atoms with E-state index in [9.17, 15) is 4.79 Å². The van der Waals surface area contributed by atoms with Crippen molar-refractivity contribution in [3.8, 4) is 11.5 Å². The van der Waals surface area contributed by atoms with E-state index < -0.39 is 0 Å². The van der Waals surface area contributed by atoms with Crippen molar-refractivity contribution in [1.82, 2.24) is 9.88 Å². The van der Waals surface area contributed by atoms with Gasteiger partial charge in [-0.1, -0.05) is 19.1 Å². The summed E-state index contributed by atoms with van der Waals surface area (Å²) in [6, 6.07) is 14.5. The van der Waals surface area contributed by atoms with Gasteiger partial charge in [-0.05, 0) is 41.6 Å². The number of nitrogens with one attached hydrogen (secondary N) is 1. The number of rotatable bonds is 6. The molecule has 1 N–H and O–H groups in total. The molecule has 1 aliphatic rings. The predicted octanol–water partition coefficient (Wildman–Crippen LogP) is 3.43. The largest absolute Gasteiger partial charge is 0.493 e. The average molecular weight is 408 g/mol. The smallest absolute Gasteiger partial charge is 0.251 e. The molecule has 6 nitrogen and oxygen atoms in total. The Morgan fingerprint density at radius 1 is 0.933 bits per heavy atom. The Labute approximate surface area is 177 Å². The van der Waals surface area contributed by atoms with E-state index in [0.717, 1.165) is 72.8 Å². The van der Waals surface area contributed by atoms with Crippen LogP contribution in [0, 0.1) is 0 Å².